The number of carbonyl (C=O) groups excluding carboxylic acids is 1. The Hall–Kier alpha value is -4.14. The first-order valence-electron chi connectivity index (χ1n) is 12.0. The number of sulfonamides is 1. The van der Waals surface area contributed by atoms with Crippen molar-refractivity contribution in [1.82, 2.24) is 25.4 Å². The number of anilines is 1. The van der Waals surface area contributed by atoms with Gasteiger partial charge in [-0.15, -0.1) is 0 Å². The number of amides is 1. The van der Waals surface area contributed by atoms with Crippen LogP contribution in [0.4, 0.5) is 5.69 Å². The van der Waals surface area contributed by atoms with Crippen LogP contribution >= 0.6 is 0 Å². The molecule has 0 saturated carbocycles. The number of aromatic amines is 1. The van der Waals surface area contributed by atoms with Gasteiger partial charge in [-0.1, -0.05) is 18.2 Å². The molecule has 4 aromatic rings. The van der Waals surface area contributed by atoms with Crippen LogP contribution < -0.4 is 15.4 Å². The normalized spacial score (nSPS) is 15.2. The first-order chi connectivity index (χ1) is 17.8. The molecule has 0 bridgehead atoms. The van der Waals surface area contributed by atoms with Crippen molar-refractivity contribution in [3.05, 3.63) is 77.7 Å². The summed E-state index contributed by atoms with van der Waals surface area (Å²) < 4.78 is 30.5. The maximum Gasteiger partial charge on any atom is 0.261 e. The minimum atomic E-state index is -3.88. The molecule has 0 aliphatic carbocycles. The maximum atomic E-state index is 13.2. The van der Waals surface area contributed by atoms with Crippen molar-refractivity contribution in [2.24, 2.45) is 0 Å². The molecule has 1 amide bonds. The van der Waals surface area contributed by atoms with Crippen molar-refractivity contribution < 1.29 is 13.2 Å². The molecule has 5 rings (SSSR count). The molecule has 0 atom stereocenters. The summed E-state index contributed by atoms with van der Waals surface area (Å²) in [6.07, 6.45) is 6.31. The van der Waals surface area contributed by atoms with Crippen LogP contribution in [-0.2, 0) is 26.9 Å². The Morgan fingerprint density at radius 2 is 1.95 bits per heavy atom. The quantitative estimate of drug-likeness (QED) is 0.297. The number of fused-ring (bicyclic) bond motifs is 1. The number of rotatable bonds is 7. The smallest absolute Gasteiger partial charge is 0.261 e. The van der Waals surface area contributed by atoms with E-state index in [-0.39, 0.29) is 17.3 Å². The third-order valence-electron chi connectivity index (χ3n) is 6.89. The van der Waals surface area contributed by atoms with E-state index in [4.69, 9.17) is 0 Å². The van der Waals surface area contributed by atoms with Crippen LogP contribution in [0.15, 0.2) is 66.0 Å². The summed E-state index contributed by atoms with van der Waals surface area (Å²) in [6, 6.07) is 13.8. The summed E-state index contributed by atoms with van der Waals surface area (Å²) in [7, 11) is -3.88. The van der Waals surface area contributed by atoms with Gasteiger partial charge in [0.05, 0.1) is 21.7 Å². The fourth-order valence-corrected chi connectivity index (χ4v) is 5.93. The predicted molar refractivity (Wildman–Crippen MR) is 139 cm³/mol. The number of hydrogen-bond acceptors (Lipinski definition) is 6. The predicted octanol–water partition coefficient (Wildman–Crippen LogP) is 2.74. The molecule has 0 spiro atoms. The van der Waals surface area contributed by atoms with Crippen LogP contribution in [0.2, 0.25) is 0 Å². The molecule has 2 aromatic heterocycles. The van der Waals surface area contributed by atoms with E-state index in [1.807, 2.05) is 19.2 Å². The molecule has 0 radical (unpaired) electrons. The average Bonchev–Trinajstić information content (AvgIpc) is 3.61. The van der Waals surface area contributed by atoms with E-state index >= 15 is 0 Å². The third-order valence-corrected chi connectivity index (χ3v) is 8.27. The number of nitriles is 1. The van der Waals surface area contributed by atoms with E-state index in [0.717, 1.165) is 24.2 Å². The first-order valence-corrected chi connectivity index (χ1v) is 13.4. The minimum Gasteiger partial charge on any atom is -0.358 e. The highest BCUT2D eigenvalue weighted by atomic mass is 32.2. The lowest BCUT2D eigenvalue weighted by Gasteiger charge is -2.36. The second-order valence-electron chi connectivity index (χ2n) is 9.16. The van der Waals surface area contributed by atoms with E-state index < -0.39 is 15.6 Å². The highest BCUT2D eigenvalue weighted by Gasteiger charge is 2.41. The monoisotopic (exact) mass is 517 g/mol. The zero-order valence-corrected chi connectivity index (χ0v) is 21.1. The van der Waals surface area contributed by atoms with E-state index in [1.54, 1.807) is 41.3 Å². The fourth-order valence-electron chi connectivity index (χ4n) is 4.85. The standard InChI is InChI=1S/C26H27N7O3S/c1-18-3-8-22(24-23(18)20(15-27)17-29-24)32-37(35,36)21-6-4-19(5-7-21)16-30-25(34)26(9-12-28-13-10-26)33-14-2-11-31-33/h2-8,11,14,17,28-29,32H,9-10,12-13,16H2,1H3,(H,30,34). The molecule has 190 valence electrons. The van der Waals surface area contributed by atoms with Crippen LogP contribution in [-0.4, -0.2) is 42.2 Å². The van der Waals surface area contributed by atoms with E-state index in [2.05, 4.69) is 31.5 Å². The lowest BCUT2D eigenvalue weighted by molar-refractivity contribution is -0.132. The number of carbonyl (C=O) groups is 1. The number of nitrogens with zero attached hydrogens (tertiary/aromatic N) is 3. The van der Waals surface area contributed by atoms with Crippen molar-refractivity contribution in [3.8, 4) is 6.07 Å². The molecule has 2 aromatic carbocycles. The Bertz CT molecular complexity index is 1580. The molecule has 1 aliphatic heterocycles. The van der Waals surface area contributed by atoms with Gasteiger partial charge in [0.1, 0.15) is 11.6 Å². The Balaban J connectivity index is 1.30. The molecular weight excluding hydrogens is 490 g/mol. The molecule has 10 nitrogen and oxygen atoms in total. The van der Waals surface area contributed by atoms with Gasteiger partial charge in [0.2, 0.25) is 5.91 Å². The Morgan fingerprint density at radius 1 is 1.19 bits per heavy atom. The van der Waals surface area contributed by atoms with Gasteiger partial charge < -0.3 is 15.6 Å². The molecule has 1 aliphatic rings. The maximum absolute atomic E-state index is 13.2. The number of H-pyrrole nitrogens is 1. The summed E-state index contributed by atoms with van der Waals surface area (Å²) in [5.74, 6) is -0.109. The van der Waals surface area contributed by atoms with Crippen LogP contribution in [0.1, 0.15) is 29.5 Å². The zero-order valence-electron chi connectivity index (χ0n) is 20.3. The van der Waals surface area contributed by atoms with Crippen molar-refractivity contribution in [1.29, 1.82) is 5.26 Å². The summed E-state index contributed by atoms with van der Waals surface area (Å²) in [5, 5.41) is 20.7. The van der Waals surface area contributed by atoms with Crippen LogP contribution in [0.5, 0.6) is 0 Å². The van der Waals surface area contributed by atoms with Crippen LogP contribution in [0, 0.1) is 18.3 Å². The number of piperidine rings is 1. The molecule has 1 fully saturated rings. The number of aryl methyl sites for hydroxylation is 1. The number of nitrogens with one attached hydrogen (secondary N) is 4. The van der Waals surface area contributed by atoms with Crippen molar-refractivity contribution in [3.63, 3.8) is 0 Å². The number of hydrogen-bond donors (Lipinski definition) is 4. The summed E-state index contributed by atoms with van der Waals surface area (Å²) in [5.41, 5.74) is 2.29. The third kappa shape index (κ3) is 4.57. The van der Waals surface area contributed by atoms with E-state index in [1.165, 1.54) is 12.1 Å². The van der Waals surface area contributed by atoms with Gasteiger partial charge >= 0.3 is 0 Å². The molecule has 1 saturated heterocycles. The van der Waals surface area contributed by atoms with E-state index in [0.29, 0.717) is 35.0 Å². The van der Waals surface area contributed by atoms with Gasteiger partial charge in [-0.3, -0.25) is 14.2 Å². The second kappa shape index (κ2) is 9.72. The average molecular weight is 518 g/mol. The summed E-state index contributed by atoms with van der Waals surface area (Å²) in [6.45, 7) is 3.58. The topological polar surface area (TPSA) is 145 Å². The highest BCUT2D eigenvalue weighted by molar-refractivity contribution is 7.92. The lowest BCUT2D eigenvalue weighted by Crippen LogP contribution is -2.54. The molecule has 0 unspecified atom stereocenters. The van der Waals surface area contributed by atoms with Gasteiger partial charge in [-0.05, 0) is 68.2 Å². The summed E-state index contributed by atoms with van der Waals surface area (Å²) >= 11 is 0. The summed E-state index contributed by atoms with van der Waals surface area (Å²) in [4.78, 5) is 16.3. The molecule has 3 heterocycles. The highest BCUT2D eigenvalue weighted by Crippen LogP contribution is 2.30. The van der Waals surface area contributed by atoms with Crippen molar-refractivity contribution in [2.75, 3.05) is 17.8 Å². The number of aromatic nitrogens is 3. The van der Waals surface area contributed by atoms with E-state index in [9.17, 15) is 18.5 Å². The number of benzene rings is 2. The molecule has 4 N–H and O–H groups in total. The molecule has 11 heteroatoms. The SMILES string of the molecule is Cc1ccc(NS(=O)(=O)c2ccc(CNC(=O)C3(n4cccn4)CCNCC3)cc2)c2[nH]cc(C#N)c12. The fraction of sp³-hybridized carbons (Fsp3) is 0.269. The zero-order chi connectivity index (χ0) is 26.0. The Labute approximate surface area is 214 Å². The van der Waals surface area contributed by atoms with Crippen LogP contribution in [0.25, 0.3) is 10.9 Å². The van der Waals surface area contributed by atoms with Gasteiger partial charge in [-0.2, -0.15) is 10.4 Å². The Kier molecular flexibility index (Phi) is 6.45. The first kappa shape index (κ1) is 24.5. The Morgan fingerprint density at radius 3 is 2.62 bits per heavy atom. The largest absolute Gasteiger partial charge is 0.358 e. The lowest BCUT2D eigenvalue weighted by atomic mass is 9.87. The van der Waals surface area contributed by atoms with Crippen molar-refractivity contribution >= 4 is 32.5 Å². The van der Waals surface area contributed by atoms with Gasteiger partial charge in [-0.25, -0.2) is 8.42 Å². The van der Waals surface area contributed by atoms with Crippen LogP contribution in [0.3, 0.4) is 0 Å². The van der Waals surface area contributed by atoms with Gasteiger partial charge in [0.15, 0.2) is 0 Å². The molecule has 37 heavy (non-hydrogen) atoms. The van der Waals surface area contributed by atoms with Gasteiger partial charge in [0.25, 0.3) is 10.0 Å². The molecular formula is C26H27N7O3S. The van der Waals surface area contributed by atoms with Crippen molar-refractivity contribution in [2.45, 2.75) is 36.7 Å². The second-order valence-corrected chi connectivity index (χ2v) is 10.8. The van der Waals surface area contributed by atoms with Gasteiger partial charge in [0, 0.05) is 30.5 Å². The minimum absolute atomic E-state index is 0.0923.